The molecule has 0 aromatic rings. The van der Waals surface area contributed by atoms with Gasteiger partial charge in [-0.25, -0.2) is 0 Å². The Bertz CT molecular complexity index is 904. The third-order valence-electron chi connectivity index (χ3n) is 7.44. The maximum Gasteiger partial charge on any atom is 0.311 e. The number of hydrogen-bond donors (Lipinski definition) is 1. The molecule has 1 unspecified atom stereocenters. The number of rotatable bonds is 8. The van der Waals surface area contributed by atoms with Gasteiger partial charge in [-0.15, -0.1) is 0 Å². The Morgan fingerprint density at radius 2 is 1.50 bits per heavy atom. The average molecular weight is 570 g/mol. The lowest BCUT2D eigenvalue weighted by molar-refractivity contribution is -0.297. The molecule has 1 saturated heterocycles. The summed E-state index contributed by atoms with van der Waals surface area (Å²) in [5.74, 6) is -0.996. The molecular formula is C30H51NO9. The third-order valence-corrected chi connectivity index (χ3v) is 7.44. The number of carbonyl (C=O) groups is 4. The van der Waals surface area contributed by atoms with Gasteiger partial charge >= 0.3 is 17.9 Å². The summed E-state index contributed by atoms with van der Waals surface area (Å²) in [6.45, 7) is 19.1. The number of esters is 3. The van der Waals surface area contributed by atoms with Gasteiger partial charge in [0.2, 0.25) is 5.91 Å². The van der Waals surface area contributed by atoms with Crippen LogP contribution in [0.5, 0.6) is 0 Å². The minimum absolute atomic E-state index is 0.172. The van der Waals surface area contributed by atoms with Gasteiger partial charge in [0.1, 0.15) is 18.8 Å². The molecule has 10 heteroatoms. The molecule has 0 bridgehead atoms. The topological polar surface area (TPSA) is 126 Å². The van der Waals surface area contributed by atoms with Crippen LogP contribution in [0.4, 0.5) is 0 Å². The molecule has 1 aliphatic heterocycles. The van der Waals surface area contributed by atoms with Crippen LogP contribution in [0.1, 0.15) is 95.4 Å². The summed E-state index contributed by atoms with van der Waals surface area (Å²) in [4.78, 5) is 50.4. The second kappa shape index (κ2) is 13.6. The fourth-order valence-electron chi connectivity index (χ4n) is 5.13. The van der Waals surface area contributed by atoms with Crippen molar-refractivity contribution in [3.8, 4) is 0 Å². The summed E-state index contributed by atoms with van der Waals surface area (Å²) in [5.41, 5.74) is -1.66. The van der Waals surface area contributed by atoms with Gasteiger partial charge in [0.15, 0.2) is 18.5 Å². The maximum absolute atomic E-state index is 13.0. The van der Waals surface area contributed by atoms with Crippen molar-refractivity contribution >= 4 is 23.8 Å². The van der Waals surface area contributed by atoms with Crippen LogP contribution in [0.25, 0.3) is 0 Å². The zero-order chi connectivity index (χ0) is 30.6. The van der Waals surface area contributed by atoms with E-state index in [9.17, 15) is 19.2 Å². The highest BCUT2D eigenvalue weighted by atomic mass is 16.7. The molecule has 1 saturated carbocycles. The van der Waals surface area contributed by atoms with E-state index in [2.05, 4.69) is 26.1 Å². The number of amides is 1. The third kappa shape index (κ3) is 9.43. The normalized spacial score (nSPS) is 31.3. The molecule has 0 aromatic carbocycles. The van der Waals surface area contributed by atoms with Gasteiger partial charge in [0.05, 0.1) is 16.9 Å². The van der Waals surface area contributed by atoms with Crippen molar-refractivity contribution in [1.29, 1.82) is 0 Å². The van der Waals surface area contributed by atoms with Crippen molar-refractivity contribution in [3.05, 3.63) is 0 Å². The van der Waals surface area contributed by atoms with E-state index < -0.39 is 65.3 Å². The molecule has 1 N–H and O–H groups in total. The summed E-state index contributed by atoms with van der Waals surface area (Å²) >= 11 is 0. The number of carbonyl (C=O) groups excluding carboxylic acids is 4. The lowest BCUT2D eigenvalue weighted by Crippen LogP contribution is -2.67. The number of hydrogen-bond acceptors (Lipinski definition) is 9. The maximum atomic E-state index is 13.0. The lowest BCUT2D eigenvalue weighted by atomic mass is 9.75. The van der Waals surface area contributed by atoms with Crippen LogP contribution in [0.3, 0.4) is 0 Å². The van der Waals surface area contributed by atoms with Gasteiger partial charge in [-0.2, -0.15) is 0 Å². The van der Waals surface area contributed by atoms with Gasteiger partial charge in [-0.05, 0) is 72.1 Å². The average Bonchev–Trinajstić information content (AvgIpc) is 2.79. The van der Waals surface area contributed by atoms with E-state index >= 15 is 0 Å². The second-order valence-electron chi connectivity index (χ2n) is 13.8. The Hall–Kier alpha value is -2.20. The van der Waals surface area contributed by atoms with Gasteiger partial charge in [-0.3, -0.25) is 19.2 Å². The molecule has 8 atom stereocenters. The first-order valence-electron chi connectivity index (χ1n) is 14.4. The number of ether oxygens (including phenoxy) is 5. The highest BCUT2D eigenvalue weighted by molar-refractivity contribution is 5.76. The van der Waals surface area contributed by atoms with Crippen LogP contribution in [0, 0.1) is 28.6 Å². The Kier molecular flexibility index (Phi) is 11.6. The predicted molar refractivity (Wildman–Crippen MR) is 148 cm³/mol. The molecule has 1 aliphatic carbocycles. The zero-order valence-electron chi connectivity index (χ0n) is 26.2. The van der Waals surface area contributed by atoms with Crippen LogP contribution in [-0.2, 0) is 42.9 Å². The fourth-order valence-corrected chi connectivity index (χ4v) is 5.13. The summed E-state index contributed by atoms with van der Waals surface area (Å²) in [7, 11) is 0. The molecule has 0 radical (unpaired) electrons. The van der Waals surface area contributed by atoms with E-state index in [1.807, 2.05) is 0 Å². The van der Waals surface area contributed by atoms with Crippen molar-refractivity contribution in [2.75, 3.05) is 6.61 Å². The number of nitrogens with one attached hydrogen (secondary N) is 1. The molecule has 2 rings (SSSR count). The van der Waals surface area contributed by atoms with Crippen molar-refractivity contribution in [3.63, 3.8) is 0 Å². The van der Waals surface area contributed by atoms with Crippen LogP contribution >= 0.6 is 0 Å². The standard InChI is InChI=1S/C30H51NO9/c1-16(2)20-13-12-17(3)14-21(20)38-26-23(31-18(4)32)25(37-19(5)33)24(40-28(35)30(9,10)11)22(39-26)15-36-27(34)29(6,7)8/h16-17,20-26H,12-15H2,1-11H3,(H,31,32)/t17-,20+,21?,22-,23-,24+,25-,26-/m1/s1. The van der Waals surface area contributed by atoms with Crippen molar-refractivity contribution in [1.82, 2.24) is 5.32 Å². The molecule has 2 aliphatic rings. The van der Waals surface area contributed by atoms with Crippen LogP contribution in [-0.4, -0.2) is 67.2 Å². The van der Waals surface area contributed by atoms with Crippen molar-refractivity contribution in [2.24, 2.45) is 28.6 Å². The quantitative estimate of drug-likeness (QED) is 0.338. The Morgan fingerprint density at radius 1 is 0.900 bits per heavy atom. The zero-order valence-corrected chi connectivity index (χ0v) is 26.2. The molecule has 0 aromatic heterocycles. The van der Waals surface area contributed by atoms with Crippen molar-refractivity contribution < 1.29 is 42.9 Å². The van der Waals surface area contributed by atoms with Crippen LogP contribution < -0.4 is 5.32 Å². The SMILES string of the molecule is CC(=O)N[C@H]1[C@H](OC2C[C@H](C)CC[C@H]2C(C)C)O[C@H](COC(=O)C(C)(C)C)[C@H](OC(=O)C(C)(C)C)[C@@H]1OC(C)=O. The van der Waals surface area contributed by atoms with Gasteiger partial charge in [0, 0.05) is 13.8 Å². The van der Waals surface area contributed by atoms with E-state index in [0.29, 0.717) is 11.8 Å². The van der Waals surface area contributed by atoms with E-state index in [1.165, 1.54) is 13.8 Å². The molecule has 230 valence electrons. The van der Waals surface area contributed by atoms with Crippen LogP contribution in [0.2, 0.25) is 0 Å². The molecule has 1 amide bonds. The summed E-state index contributed by atoms with van der Waals surface area (Å²) in [5, 5.41) is 2.82. The van der Waals surface area contributed by atoms with E-state index in [-0.39, 0.29) is 18.6 Å². The van der Waals surface area contributed by atoms with E-state index in [4.69, 9.17) is 23.7 Å². The highest BCUT2D eigenvalue weighted by Crippen LogP contribution is 2.38. The van der Waals surface area contributed by atoms with E-state index in [0.717, 1.165) is 19.3 Å². The first-order valence-corrected chi connectivity index (χ1v) is 14.4. The summed E-state index contributed by atoms with van der Waals surface area (Å²) in [6.07, 6.45) is -1.67. The molecular weight excluding hydrogens is 518 g/mol. The molecule has 2 fully saturated rings. The van der Waals surface area contributed by atoms with Gasteiger partial charge in [-0.1, -0.05) is 27.2 Å². The Labute approximate surface area is 239 Å². The molecule has 10 nitrogen and oxygen atoms in total. The second-order valence-corrected chi connectivity index (χ2v) is 13.8. The molecule has 1 heterocycles. The first-order chi connectivity index (χ1) is 18.3. The summed E-state index contributed by atoms with van der Waals surface area (Å²) < 4.78 is 30.2. The van der Waals surface area contributed by atoms with E-state index in [1.54, 1.807) is 41.5 Å². The summed E-state index contributed by atoms with van der Waals surface area (Å²) in [6, 6.07) is -0.973. The highest BCUT2D eigenvalue weighted by Gasteiger charge is 2.53. The Balaban J connectivity index is 2.53. The first kappa shape index (κ1) is 34.0. The van der Waals surface area contributed by atoms with Gasteiger partial charge < -0.3 is 29.0 Å². The largest absolute Gasteiger partial charge is 0.462 e. The van der Waals surface area contributed by atoms with Gasteiger partial charge in [0.25, 0.3) is 0 Å². The molecule has 40 heavy (non-hydrogen) atoms. The fraction of sp³-hybridized carbons (Fsp3) is 0.867. The van der Waals surface area contributed by atoms with Crippen LogP contribution in [0.15, 0.2) is 0 Å². The predicted octanol–water partition coefficient (Wildman–Crippen LogP) is 4.17. The monoisotopic (exact) mass is 569 g/mol. The minimum atomic E-state index is -1.17. The molecule has 0 spiro atoms. The Morgan fingerprint density at radius 3 is 2.00 bits per heavy atom. The minimum Gasteiger partial charge on any atom is -0.462 e. The lowest BCUT2D eigenvalue weighted by Gasteiger charge is -2.48. The smallest absolute Gasteiger partial charge is 0.311 e. The van der Waals surface area contributed by atoms with Crippen molar-refractivity contribution in [2.45, 2.75) is 132 Å².